The van der Waals surface area contributed by atoms with Crippen molar-refractivity contribution in [3.05, 3.63) is 58.2 Å². The van der Waals surface area contributed by atoms with Crippen LogP contribution in [0.2, 0.25) is 0 Å². The molecule has 0 unspecified atom stereocenters. The molecule has 6 heteroatoms. The molecule has 0 amide bonds. The maximum atomic E-state index is 12.2. The third-order valence-corrected chi connectivity index (χ3v) is 3.76. The Morgan fingerprint density at radius 2 is 2.09 bits per heavy atom. The van der Waals surface area contributed by atoms with Crippen molar-refractivity contribution in [3.63, 3.8) is 0 Å². The van der Waals surface area contributed by atoms with Gasteiger partial charge in [-0.3, -0.25) is 5.10 Å². The van der Waals surface area contributed by atoms with E-state index in [0.717, 1.165) is 20.9 Å². The number of methoxy groups -OCH3 is 1. The summed E-state index contributed by atoms with van der Waals surface area (Å²) in [6.07, 6.45) is 0. The second-order valence-electron chi connectivity index (χ2n) is 4.65. The highest BCUT2D eigenvalue weighted by molar-refractivity contribution is 9.10. The number of para-hydroxylation sites is 1. The first-order valence-corrected chi connectivity index (χ1v) is 7.41. The van der Waals surface area contributed by atoms with Gasteiger partial charge in [0, 0.05) is 15.4 Å². The van der Waals surface area contributed by atoms with E-state index in [1.165, 1.54) is 0 Å². The van der Waals surface area contributed by atoms with Crippen molar-refractivity contribution < 1.29 is 14.3 Å². The van der Waals surface area contributed by atoms with E-state index in [-0.39, 0.29) is 12.3 Å². The largest absolute Gasteiger partial charge is 0.496 e. The van der Waals surface area contributed by atoms with Crippen molar-refractivity contribution in [2.24, 2.45) is 0 Å². The van der Waals surface area contributed by atoms with Gasteiger partial charge in [-0.25, -0.2) is 4.79 Å². The molecule has 0 aliphatic heterocycles. The number of carbonyl (C=O) groups excluding carboxylic acids is 1. The number of H-pyrrole nitrogens is 1. The van der Waals surface area contributed by atoms with E-state index in [1.54, 1.807) is 7.11 Å². The number of nitrogens with zero attached hydrogens (tertiary/aromatic N) is 1. The van der Waals surface area contributed by atoms with Crippen LogP contribution < -0.4 is 4.74 Å². The van der Waals surface area contributed by atoms with Crippen LogP contribution in [0.1, 0.15) is 16.1 Å². The zero-order valence-corrected chi connectivity index (χ0v) is 13.4. The molecule has 0 radical (unpaired) electrons. The molecule has 22 heavy (non-hydrogen) atoms. The number of aromatic nitrogens is 2. The molecule has 0 atom stereocenters. The number of ether oxygens (including phenoxy) is 2. The van der Waals surface area contributed by atoms with Crippen LogP contribution >= 0.6 is 15.9 Å². The van der Waals surface area contributed by atoms with Gasteiger partial charge in [-0.05, 0) is 24.3 Å². The third-order valence-electron chi connectivity index (χ3n) is 3.26. The number of hydrogen-bond acceptors (Lipinski definition) is 4. The summed E-state index contributed by atoms with van der Waals surface area (Å²) < 4.78 is 11.5. The maximum Gasteiger partial charge on any atom is 0.359 e. The molecule has 0 bridgehead atoms. The number of rotatable bonds is 4. The lowest BCUT2D eigenvalue weighted by Gasteiger charge is -2.09. The standard InChI is InChI=1S/C16H13BrN2O3/c1-21-14-7-6-11(17)8-10(14)9-22-16(20)15-12-4-2-3-5-13(12)18-19-15/h2-8H,9H2,1H3,(H,18,19). The Kier molecular flexibility index (Phi) is 4.11. The van der Waals surface area contributed by atoms with Gasteiger partial charge in [-0.2, -0.15) is 5.10 Å². The smallest absolute Gasteiger partial charge is 0.359 e. The summed E-state index contributed by atoms with van der Waals surface area (Å²) >= 11 is 3.39. The SMILES string of the molecule is COc1ccc(Br)cc1COC(=O)c1n[nH]c2ccccc12. The van der Waals surface area contributed by atoms with E-state index in [2.05, 4.69) is 26.1 Å². The van der Waals surface area contributed by atoms with E-state index >= 15 is 0 Å². The van der Waals surface area contributed by atoms with Gasteiger partial charge in [-0.1, -0.05) is 34.1 Å². The van der Waals surface area contributed by atoms with Gasteiger partial charge in [0.2, 0.25) is 0 Å². The predicted octanol–water partition coefficient (Wildman–Crippen LogP) is 3.69. The number of halogens is 1. The van der Waals surface area contributed by atoms with Crippen LogP contribution in [0.5, 0.6) is 5.75 Å². The van der Waals surface area contributed by atoms with Crippen LogP contribution in [-0.2, 0) is 11.3 Å². The summed E-state index contributed by atoms with van der Waals surface area (Å²) in [6, 6.07) is 13.0. The van der Waals surface area contributed by atoms with E-state index < -0.39 is 5.97 Å². The van der Waals surface area contributed by atoms with Gasteiger partial charge >= 0.3 is 5.97 Å². The molecule has 1 heterocycles. The molecule has 1 aromatic heterocycles. The fraction of sp³-hybridized carbons (Fsp3) is 0.125. The summed E-state index contributed by atoms with van der Waals surface area (Å²) in [5.74, 6) is 0.197. The van der Waals surface area contributed by atoms with Crippen molar-refractivity contribution in [1.82, 2.24) is 10.2 Å². The van der Waals surface area contributed by atoms with Crippen LogP contribution in [0.3, 0.4) is 0 Å². The van der Waals surface area contributed by atoms with Crippen LogP contribution in [0.4, 0.5) is 0 Å². The average Bonchev–Trinajstić information content (AvgIpc) is 2.97. The topological polar surface area (TPSA) is 64.2 Å². The number of nitrogens with one attached hydrogen (secondary N) is 1. The van der Waals surface area contributed by atoms with Crippen LogP contribution in [-0.4, -0.2) is 23.3 Å². The van der Waals surface area contributed by atoms with Crippen molar-refractivity contribution in [2.45, 2.75) is 6.61 Å². The molecular weight excluding hydrogens is 348 g/mol. The van der Waals surface area contributed by atoms with Crippen molar-refractivity contribution >= 4 is 32.8 Å². The molecular formula is C16H13BrN2O3. The monoisotopic (exact) mass is 360 g/mol. The minimum Gasteiger partial charge on any atom is -0.496 e. The number of fused-ring (bicyclic) bond motifs is 1. The molecule has 3 rings (SSSR count). The van der Waals surface area contributed by atoms with Gasteiger partial charge < -0.3 is 9.47 Å². The quantitative estimate of drug-likeness (QED) is 0.720. The summed E-state index contributed by atoms with van der Waals surface area (Å²) in [6.45, 7) is 0.114. The molecule has 0 fully saturated rings. The molecule has 0 spiro atoms. The molecule has 112 valence electrons. The van der Waals surface area contributed by atoms with Crippen molar-refractivity contribution in [1.29, 1.82) is 0 Å². The van der Waals surface area contributed by atoms with E-state index in [9.17, 15) is 4.79 Å². The maximum absolute atomic E-state index is 12.2. The molecule has 2 aromatic carbocycles. The van der Waals surface area contributed by atoms with Gasteiger partial charge in [0.1, 0.15) is 12.4 Å². The van der Waals surface area contributed by atoms with E-state index in [1.807, 2.05) is 42.5 Å². The Labute approximate surface area is 135 Å². The molecule has 0 saturated heterocycles. The first-order valence-electron chi connectivity index (χ1n) is 6.61. The molecule has 0 saturated carbocycles. The van der Waals surface area contributed by atoms with E-state index in [4.69, 9.17) is 9.47 Å². The summed E-state index contributed by atoms with van der Waals surface area (Å²) in [7, 11) is 1.58. The minimum absolute atomic E-state index is 0.114. The Balaban J connectivity index is 1.79. The third kappa shape index (κ3) is 2.82. The van der Waals surface area contributed by atoms with Gasteiger partial charge in [0.15, 0.2) is 5.69 Å². The van der Waals surface area contributed by atoms with Crippen molar-refractivity contribution in [2.75, 3.05) is 7.11 Å². The number of benzene rings is 2. The average molecular weight is 361 g/mol. The molecule has 0 aliphatic rings. The van der Waals surface area contributed by atoms with Gasteiger partial charge in [0.25, 0.3) is 0 Å². The number of carbonyl (C=O) groups is 1. The van der Waals surface area contributed by atoms with Gasteiger partial charge in [0.05, 0.1) is 12.6 Å². The zero-order valence-electron chi connectivity index (χ0n) is 11.8. The Hall–Kier alpha value is -2.34. The predicted molar refractivity (Wildman–Crippen MR) is 85.9 cm³/mol. The second-order valence-corrected chi connectivity index (χ2v) is 5.57. The Morgan fingerprint density at radius 1 is 1.27 bits per heavy atom. The van der Waals surface area contributed by atoms with Crippen LogP contribution in [0.15, 0.2) is 46.9 Å². The van der Waals surface area contributed by atoms with Crippen molar-refractivity contribution in [3.8, 4) is 5.75 Å². The Morgan fingerprint density at radius 3 is 2.91 bits per heavy atom. The lowest BCUT2D eigenvalue weighted by Crippen LogP contribution is -2.07. The van der Waals surface area contributed by atoms with Crippen LogP contribution in [0.25, 0.3) is 10.9 Å². The number of esters is 1. The first kappa shape index (κ1) is 14.6. The fourth-order valence-electron chi connectivity index (χ4n) is 2.19. The summed E-state index contributed by atoms with van der Waals surface area (Å²) in [5, 5.41) is 7.59. The minimum atomic E-state index is -0.473. The van der Waals surface area contributed by atoms with E-state index in [0.29, 0.717) is 5.75 Å². The highest BCUT2D eigenvalue weighted by atomic mass is 79.9. The van der Waals surface area contributed by atoms with Crippen LogP contribution in [0, 0.1) is 0 Å². The second kappa shape index (κ2) is 6.19. The number of hydrogen-bond donors (Lipinski definition) is 1. The highest BCUT2D eigenvalue weighted by Gasteiger charge is 2.16. The van der Waals surface area contributed by atoms with Gasteiger partial charge in [-0.15, -0.1) is 0 Å². The first-order chi connectivity index (χ1) is 10.7. The lowest BCUT2D eigenvalue weighted by atomic mass is 10.2. The normalized spacial score (nSPS) is 10.6. The molecule has 3 aromatic rings. The Bertz CT molecular complexity index is 829. The lowest BCUT2D eigenvalue weighted by molar-refractivity contribution is 0.0465. The zero-order chi connectivity index (χ0) is 15.5. The summed E-state index contributed by atoms with van der Waals surface area (Å²) in [5.41, 5.74) is 1.86. The molecule has 0 aliphatic carbocycles. The number of aromatic amines is 1. The summed E-state index contributed by atoms with van der Waals surface area (Å²) in [4.78, 5) is 12.2. The highest BCUT2D eigenvalue weighted by Crippen LogP contribution is 2.24. The fourth-order valence-corrected chi connectivity index (χ4v) is 2.60. The molecule has 5 nitrogen and oxygen atoms in total. The molecule has 1 N–H and O–H groups in total.